The molecule has 0 N–H and O–H groups in total. The third kappa shape index (κ3) is 2.71. The molecule has 2 aliphatic rings. The van der Waals surface area contributed by atoms with Crippen molar-refractivity contribution in [2.75, 3.05) is 6.61 Å². The van der Waals surface area contributed by atoms with E-state index in [4.69, 9.17) is 9.47 Å². The first kappa shape index (κ1) is 13.0. The van der Waals surface area contributed by atoms with Gasteiger partial charge in [0.15, 0.2) is 6.29 Å². The number of hydrogen-bond acceptors (Lipinski definition) is 2. The lowest BCUT2D eigenvalue weighted by Crippen LogP contribution is -2.43. The maximum Gasteiger partial charge on any atom is 0.155 e. The summed E-state index contributed by atoms with van der Waals surface area (Å²) in [7, 11) is 0. The zero-order valence-corrected chi connectivity index (χ0v) is 11.2. The minimum Gasteiger partial charge on any atom is -0.353 e. The van der Waals surface area contributed by atoms with Crippen molar-refractivity contribution in [3.8, 4) is 0 Å². The van der Waals surface area contributed by atoms with Crippen LogP contribution in [-0.4, -0.2) is 19.0 Å². The quantitative estimate of drug-likeness (QED) is 0.698. The van der Waals surface area contributed by atoms with Crippen LogP contribution in [0.25, 0.3) is 0 Å². The first-order chi connectivity index (χ1) is 7.99. The molecule has 0 saturated carbocycles. The highest BCUT2D eigenvalue weighted by Crippen LogP contribution is 2.40. The standard InChI is InChI=1S/C14H23FO2/c1-8-5-12(10(3)13(15)6-8)14-9(2)7-16-11(4)17-14/h8-9,11-12,14H,5-7H2,1-4H3. The molecule has 3 heteroatoms. The first-order valence-corrected chi connectivity index (χ1v) is 6.61. The van der Waals surface area contributed by atoms with Gasteiger partial charge in [-0.15, -0.1) is 0 Å². The molecule has 0 radical (unpaired) electrons. The molecule has 0 aromatic carbocycles. The van der Waals surface area contributed by atoms with Crippen LogP contribution in [0.5, 0.6) is 0 Å². The predicted octanol–water partition coefficient (Wildman–Crippen LogP) is 3.67. The molecule has 0 aromatic rings. The normalized spacial score (nSPS) is 43.9. The van der Waals surface area contributed by atoms with Crippen molar-refractivity contribution in [1.29, 1.82) is 0 Å². The van der Waals surface area contributed by atoms with Gasteiger partial charge in [-0.2, -0.15) is 0 Å². The van der Waals surface area contributed by atoms with Crippen LogP contribution in [0, 0.1) is 17.8 Å². The second-order valence-electron chi connectivity index (χ2n) is 5.72. The first-order valence-electron chi connectivity index (χ1n) is 6.61. The molecule has 2 rings (SSSR count). The maximum absolute atomic E-state index is 13.8. The molecule has 2 nitrogen and oxygen atoms in total. The molecule has 1 aliphatic heterocycles. The van der Waals surface area contributed by atoms with E-state index >= 15 is 0 Å². The van der Waals surface area contributed by atoms with Crippen LogP contribution in [0.2, 0.25) is 0 Å². The van der Waals surface area contributed by atoms with Crippen molar-refractivity contribution >= 4 is 0 Å². The minimum absolute atomic E-state index is 0.0729. The van der Waals surface area contributed by atoms with Crippen molar-refractivity contribution in [2.24, 2.45) is 17.8 Å². The van der Waals surface area contributed by atoms with E-state index in [9.17, 15) is 4.39 Å². The van der Waals surface area contributed by atoms with E-state index in [0.717, 1.165) is 12.0 Å². The molecule has 5 unspecified atom stereocenters. The van der Waals surface area contributed by atoms with Gasteiger partial charge in [0.2, 0.25) is 0 Å². The van der Waals surface area contributed by atoms with Gasteiger partial charge in [-0.25, -0.2) is 4.39 Å². The zero-order valence-electron chi connectivity index (χ0n) is 11.2. The Hall–Kier alpha value is -0.410. The molecule has 0 bridgehead atoms. The van der Waals surface area contributed by atoms with Crippen molar-refractivity contribution < 1.29 is 13.9 Å². The average Bonchev–Trinajstić information content (AvgIpc) is 2.27. The SMILES string of the molecule is CC1=C(F)CC(C)CC1C1OC(C)OCC1C. The molecule has 0 spiro atoms. The summed E-state index contributed by atoms with van der Waals surface area (Å²) in [6.07, 6.45) is 1.56. The van der Waals surface area contributed by atoms with Crippen molar-refractivity contribution in [1.82, 2.24) is 0 Å². The Balaban J connectivity index is 2.17. The maximum atomic E-state index is 13.8. The van der Waals surface area contributed by atoms with Gasteiger partial charge in [-0.3, -0.25) is 0 Å². The Morgan fingerprint density at radius 3 is 2.65 bits per heavy atom. The summed E-state index contributed by atoms with van der Waals surface area (Å²) in [6, 6.07) is 0. The summed E-state index contributed by atoms with van der Waals surface area (Å²) < 4.78 is 25.2. The smallest absolute Gasteiger partial charge is 0.155 e. The topological polar surface area (TPSA) is 18.5 Å². The molecule has 0 amide bonds. The van der Waals surface area contributed by atoms with Crippen molar-refractivity contribution in [3.05, 3.63) is 11.4 Å². The van der Waals surface area contributed by atoms with Crippen LogP contribution >= 0.6 is 0 Å². The third-order valence-electron chi connectivity index (χ3n) is 4.07. The lowest BCUT2D eigenvalue weighted by atomic mass is 9.75. The van der Waals surface area contributed by atoms with E-state index in [2.05, 4.69) is 13.8 Å². The summed E-state index contributed by atoms with van der Waals surface area (Å²) in [5.41, 5.74) is 0.897. The molecule has 1 saturated heterocycles. The van der Waals surface area contributed by atoms with E-state index in [-0.39, 0.29) is 24.1 Å². The number of hydrogen-bond donors (Lipinski definition) is 0. The van der Waals surface area contributed by atoms with Crippen LogP contribution in [0.3, 0.4) is 0 Å². The average molecular weight is 242 g/mol. The summed E-state index contributed by atoms with van der Waals surface area (Å²) >= 11 is 0. The summed E-state index contributed by atoms with van der Waals surface area (Å²) in [5, 5.41) is 0. The van der Waals surface area contributed by atoms with Gasteiger partial charge in [0.1, 0.15) is 0 Å². The fourth-order valence-corrected chi connectivity index (χ4v) is 3.01. The molecule has 17 heavy (non-hydrogen) atoms. The Kier molecular flexibility index (Phi) is 3.88. The number of allylic oxidation sites excluding steroid dienone is 1. The molecule has 0 aromatic heterocycles. The summed E-state index contributed by atoms with van der Waals surface area (Å²) in [6.45, 7) is 8.79. The monoisotopic (exact) mass is 242 g/mol. The van der Waals surface area contributed by atoms with Gasteiger partial charge in [0.05, 0.1) is 18.5 Å². The highest BCUT2D eigenvalue weighted by atomic mass is 19.1. The molecule has 1 aliphatic carbocycles. The van der Waals surface area contributed by atoms with E-state index in [1.807, 2.05) is 13.8 Å². The van der Waals surface area contributed by atoms with Crippen molar-refractivity contribution in [2.45, 2.75) is 52.9 Å². The fourth-order valence-electron chi connectivity index (χ4n) is 3.01. The Morgan fingerprint density at radius 2 is 1.94 bits per heavy atom. The van der Waals surface area contributed by atoms with Gasteiger partial charge < -0.3 is 9.47 Å². The van der Waals surface area contributed by atoms with Crippen LogP contribution in [0.4, 0.5) is 4.39 Å². The summed E-state index contributed by atoms with van der Waals surface area (Å²) in [5.74, 6) is 1.05. The van der Waals surface area contributed by atoms with Gasteiger partial charge >= 0.3 is 0 Å². The largest absolute Gasteiger partial charge is 0.353 e. The van der Waals surface area contributed by atoms with Crippen LogP contribution in [-0.2, 0) is 9.47 Å². The Bertz CT molecular complexity index is 313. The van der Waals surface area contributed by atoms with Gasteiger partial charge in [0.25, 0.3) is 0 Å². The molecule has 1 heterocycles. The Labute approximate surface area is 103 Å². The predicted molar refractivity (Wildman–Crippen MR) is 65.1 cm³/mol. The fraction of sp³-hybridized carbons (Fsp3) is 0.857. The van der Waals surface area contributed by atoms with Crippen LogP contribution in [0.15, 0.2) is 11.4 Å². The van der Waals surface area contributed by atoms with Crippen molar-refractivity contribution in [3.63, 3.8) is 0 Å². The zero-order chi connectivity index (χ0) is 12.6. The second kappa shape index (κ2) is 5.07. The minimum atomic E-state index is -0.163. The van der Waals surface area contributed by atoms with E-state index in [1.165, 1.54) is 0 Å². The third-order valence-corrected chi connectivity index (χ3v) is 4.07. The molecule has 1 fully saturated rings. The molecule has 5 atom stereocenters. The van der Waals surface area contributed by atoms with Gasteiger partial charge in [-0.05, 0) is 31.8 Å². The molecular weight excluding hydrogens is 219 g/mol. The number of rotatable bonds is 1. The van der Waals surface area contributed by atoms with Crippen LogP contribution in [0.1, 0.15) is 40.5 Å². The highest BCUT2D eigenvalue weighted by Gasteiger charge is 2.38. The Morgan fingerprint density at radius 1 is 1.24 bits per heavy atom. The lowest BCUT2D eigenvalue weighted by Gasteiger charge is -2.41. The van der Waals surface area contributed by atoms with E-state index < -0.39 is 0 Å². The number of ether oxygens (including phenoxy) is 2. The summed E-state index contributed by atoms with van der Waals surface area (Å²) in [4.78, 5) is 0. The molecule has 98 valence electrons. The highest BCUT2D eigenvalue weighted by molar-refractivity contribution is 5.16. The van der Waals surface area contributed by atoms with E-state index in [1.54, 1.807) is 0 Å². The van der Waals surface area contributed by atoms with Crippen LogP contribution < -0.4 is 0 Å². The molecular formula is C14H23FO2. The van der Waals surface area contributed by atoms with Gasteiger partial charge in [-0.1, -0.05) is 13.8 Å². The number of halogens is 1. The van der Waals surface area contributed by atoms with Gasteiger partial charge in [0, 0.05) is 18.3 Å². The lowest BCUT2D eigenvalue weighted by molar-refractivity contribution is -0.235. The van der Waals surface area contributed by atoms with E-state index in [0.29, 0.717) is 24.9 Å². The second-order valence-corrected chi connectivity index (χ2v) is 5.72.